The van der Waals surface area contributed by atoms with Crippen LogP contribution in [0.2, 0.25) is 0 Å². The van der Waals surface area contributed by atoms with Crippen molar-refractivity contribution in [2.45, 2.75) is 13.1 Å². The van der Waals surface area contributed by atoms with Crippen molar-refractivity contribution in [1.29, 1.82) is 0 Å². The van der Waals surface area contributed by atoms with Crippen molar-refractivity contribution >= 4 is 11.8 Å². The normalized spacial score (nSPS) is 10.4. The van der Waals surface area contributed by atoms with Crippen LogP contribution in [0.3, 0.4) is 0 Å². The summed E-state index contributed by atoms with van der Waals surface area (Å²) in [4.78, 5) is 28.8. The first-order valence-corrected chi connectivity index (χ1v) is 8.95. The van der Waals surface area contributed by atoms with Gasteiger partial charge in [-0.05, 0) is 29.8 Å². The van der Waals surface area contributed by atoms with E-state index in [1.54, 1.807) is 35.4 Å². The van der Waals surface area contributed by atoms with E-state index in [9.17, 15) is 9.59 Å². The highest BCUT2D eigenvalue weighted by molar-refractivity contribution is 5.94. The first-order valence-electron chi connectivity index (χ1n) is 8.95. The zero-order valence-electron chi connectivity index (χ0n) is 15.5. The third-order valence-electron chi connectivity index (χ3n) is 4.19. The molecule has 144 valence electrons. The van der Waals surface area contributed by atoms with Crippen molar-refractivity contribution in [3.8, 4) is 0 Å². The van der Waals surface area contributed by atoms with Crippen molar-refractivity contribution in [3.05, 3.63) is 96.9 Å². The quantitative estimate of drug-likeness (QED) is 0.532. The van der Waals surface area contributed by atoms with E-state index in [0.29, 0.717) is 18.8 Å². The molecule has 0 bridgehead atoms. The Morgan fingerprint density at radius 2 is 1.64 bits per heavy atom. The zero-order chi connectivity index (χ0) is 19.8. The number of hydrogen-bond donors (Lipinski definition) is 0. The van der Waals surface area contributed by atoms with Gasteiger partial charge < -0.3 is 18.6 Å². The number of carbonyl (C=O) groups is 2. The van der Waals surface area contributed by atoms with Gasteiger partial charge in [-0.15, -0.1) is 6.58 Å². The van der Waals surface area contributed by atoms with Crippen LogP contribution in [0.15, 0.2) is 88.6 Å². The molecule has 0 aliphatic carbocycles. The summed E-state index contributed by atoms with van der Waals surface area (Å²) >= 11 is 0. The number of hydrogen-bond acceptors (Lipinski definition) is 4. The summed E-state index contributed by atoms with van der Waals surface area (Å²) in [6.45, 7) is 4.57. The molecular formula is C22H22N2O4. The fraction of sp³-hybridized carbons (Fsp3) is 0.182. The van der Waals surface area contributed by atoms with E-state index in [0.717, 1.165) is 5.56 Å². The van der Waals surface area contributed by atoms with E-state index in [-0.39, 0.29) is 30.7 Å². The summed E-state index contributed by atoms with van der Waals surface area (Å²) in [5.74, 6) is 0.324. The number of amides is 2. The Morgan fingerprint density at radius 3 is 2.29 bits per heavy atom. The summed E-state index contributed by atoms with van der Waals surface area (Å²) in [6, 6.07) is 16.5. The second-order valence-electron chi connectivity index (χ2n) is 6.27. The highest BCUT2D eigenvalue weighted by atomic mass is 16.3. The first kappa shape index (κ1) is 19.2. The Morgan fingerprint density at radius 1 is 0.893 bits per heavy atom. The van der Waals surface area contributed by atoms with Crippen LogP contribution in [0.4, 0.5) is 0 Å². The topological polar surface area (TPSA) is 66.9 Å². The molecule has 0 aliphatic rings. The summed E-state index contributed by atoms with van der Waals surface area (Å²) in [7, 11) is 0. The predicted molar refractivity (Wildman–Crippen MR) is 104 cm³/mol. The van der Waals surface area contributed by atoms with Crippen molar-refractivity contribution in [2.24, 2.45) is 0 Å². The van der Waals surface area contributed by atoms with Crippen molar-refractivity contribution in [2.75, 3.05) is 13.1 Å². The van der Waals surface area contributed by atoms with Crippen molar-refractivity contribution in [3.63, 3.8) is 0 Å². The van der Waals surface area contributed by atoms with Crippen LogP contribution < -0.4 is 0 Å². The smallest absolute Gasteiger partial charge is 0.290 e. The van der Waals surface area contributed by atoms with Crippen LogP contribution in [0.5, 0.6) is 0 Å². The third kappa shape index (κ3) is 5.01. The Kier molecular flexibility index (Phi) is 6.46. The Balaban J connectivity index is 1.76. The lowest BCUT2D eigenvalue weighted by Gasteiger charge is -2.26. The molecule has 3 aromatic rings. The maximum Gasteiger partial charge on any atom is 0.290 e. The molecule has 0 fully saturated rings. The van der Waals surface area contributed by atoms with Gasteiger partial charge in [-0.3, -0.25) is 9.59 Å². The lowest BCUT2D eigenvalue weighted by molar-refractivity contribution is -0.133. The molecular weight excluding hydrogens is 356 g/mol. The zero-order valence-corrected chi connectivity index (χ0v) is 15.5. The molecule has 0 N–H and O–H groups in total. The molecule has 0 radical (unpaired) electrons. The second kappa shape index (κ2) is 9.41. The van der Waals surface area contributed by atoms with Crippen molar-refractivity contribution < 1.29 is 18.4 Å². The Bertz CT molecular complexity index is 886. The second-order valence-corrected chi connectivity index (χ2v) is 6.27. The van der Waals surface area contributed by atoms with Crippen LogP contribution in [0.25, 0.3) is 0 Å². The molecule has 0 spiro atoms. The van der Waals surface area contributed by atoms with Crippen LogP contribution in [-0.4, -0.2) is 34.7 Å². The lowest BCUT2D eigenvalue weighted by Crippen LogP contribution is -2.42. The minimum atomic E-state index is -0.351. The molecule has 6 nitrogen and oxygen atoms in total. The van der Waals surface area contributed by atoms with Gasteiger partial charge >= 0.3 is 0 Å². The van der Waals surface area contributed by atoms with Gasteiger partial charge in [0.15, 0.2) is 5.76 Å². The summed E-state index contributed by atoms with van der Waals surface area (Å²) in [6.07, 6.45) is 4.59. The van der Waals surface area contributed by atoms with Gasteiger partial charge in [-0.2, -0.15) is 0 Å². The average Bonchev–Trinajstić information content (AvgIpc) is 3.41. The SMILES string of the molecule is C=CCN(CC(=O)N(Cc1ccccc1)Cc1ccco1)C(=O)c1ccco1. The third-order valence-corrected chi connectivity index (χ3v) is 4.19. The lowest BCUT2D eigenvalue weighted by atomic mass is 10.2. The van der Waals surface area contributed by atoms with E-state index < -0.39 is 0 Å². The fourth-order valence-electron chi connectivity index (χ4n) is 2.82. The van der Waals surface area contributed by atoms with Gasteiger partial charge in [0.2, 0.25) is 5.91 Å². The molecule has 28 heavy (non-hydrogen) atoms. The minimum Gasteiger partial charge on any atom is -0.467 e. The van der Waals surface area contributed by atoms with Crippen LogP contribution in [-0.2, 0) is 17.9 Å². The van der Waals surface area contributed by atoms with E-state index >= 15 is 0 Å². The summed E-state index contributed by atoms with van der Waals surface area (Å²) < 4.78 is 10.6. The van der Waals surface area contributed by atoms with E-state index in [4.69, 9.17) is 8.83 Å². The van der Waals surface area contributed by atoms with Crippen LogP contribution >= 0.6 is 0 Å². The molecule has 0 saturated carbocycles. The van der Waals surface area contributed by atoms with Gasteiger partial charge in [0.25, 0.3) is 5.91 Å². The van der Waals surface area contributed by atoms with Gasteiger partial charge in [-0.1, -0.05) is 36.4 Å². The van der Waals surface area contributed by atoms with E-state index in [1.807, 2.05) is 36.4 Å². The highest BCUT2D eigenvalue weighted by Gasteiger charge is 2.23. The van der Waals surface area contributed by atoms with Crippen molar-refractivity contribution in [1.82, 2.24) is 9.80 Å². The molecule has 2 amide bonds. The number of carbonyl (C=O) groups excluding carboxylic acids is 2. The average molecular weight is 378 g/mol. The monoisotopic (exact) mass is 378 g/mol. The number of furan rings is 2. The molecule has 1 aromatic carbocycles. The molecule has 6 heteroatoms. The predicted octanol–water partition coefficient (Wildman–Crippen LogP) is 3.73. The fourth-order valence-corrected chi connectivity index (χ4v) is 2.82. The molecule has 0 saturated heterocycles. The Labute approximate surface area is 163 Å². The van der Waals surface area contributed by atoms with E-state index in [2.05, 4.69) is 6.58 Å². The van der Waals surface area contributed by atoms with Crippen LogP contribution in [0, 0.1) is 0 Å². The highest BCUT2D eigenvalue weighted by Crippen LogP contribution is 2.13. The molecule has 2 heterocycles. The minimum absolute atomic E-state index is 0.0842. The van der Waals surface area contributed by atoms with Gasteiger partial charge in [0.05, 0.1) is 19.1 Å². The van der Waals surface area contributed by atoms with Gasteiger partial charge in [0, 0.05) is 13.1 Å². The standard InChI is InChI=1S/C22H22N2O4/c1-2-12-23(22(26)20-11-7-14-28-20)17-21(25)24(16-19-10-6-13-27-19)15-18-8-4-3-5-9-18/h2-11,13-14H,1,12,15-17H2. The summed E-state index contributed by atoms with van der Waals surface area (Å²) in [5.41, 5.74) is 0.995. The molecule has 0 aliphatic heterocycles. The maximum absolute atomic E-state index is 13.1. The largest absolute Gasteiger partial charge is 0.467 e. The van der Waals surface area contributed by atoms with Crippen LogP contribution in [0.1, 0.15) is 21.9 Å². The summed E-state index contributed by atoms with van der Waals surface area (Å²) in [5, 5.41) is 0. The molecule has 2 aromatic heterocycles. The molecule has 0 unspecified atom stereocenters. The number of rotatable bonds is 9. The number of nitrogens with zero attached hydrogens (tertiary/aromatic N) is 2. The van der Waals surface area contributed by atoms with Gasteiger partial charge in [-0.25, -0.2) is 0 Å². The van der Waals surface area contributed by atoms with Gasteiger partial charge in [0.1, 0.15) is 12.3 Å². The first-order chi connectivity index (χ1) is 13.7. The maximum atomic E-state index is 13.1. The Hall–Kier alpha value is -3.54. The molecule has 3 rings (SSSR count). The number of benzene rings is 1. The molecule has 0 atom stereocenters. The van der Waals surface area contributed by atoms with E-state index in [1.165, 1.54) is 11.2 Å².